The maximum absolute atomic E-state index is 13.2. The molecule has 14 heavy (non-hydrogen) atoms. The van der Waals surface area contributed by atoms with E-state index in [1.165, 1.54) is 6.07 Å². The highest BCUT2D eigenvalue weighted by Gasteiger charge is 2.12. The van der Waals surface area contributed by atoms with Crippen LogP contribution in [-0.4, -0.2) is 11.2 Å². The van der Waals surface area contributed by atoms with Gasteiger partial charge < -0.3 is 5.32 Å². The van der Waals surface area contributed by atoms with Gasteiger partial charge in [-0.3, -0.25) is 4.79 Å². The van der Waals surface area contributed by atoms with Crippen molar-refractivity contribution in [1.29, 1.82) is 0 Å². The molecule has 1 rings (SSSR count). The lowest BCUT2D eigenvalue weighted by atomic mass is 10.3. The van der Waals surface area contributed by atoms with Gasteiger partial charge in [-0.05, 0) is 35.0 Å². The molecule has 1 aromatic carbocycles. The standard InChI is InChI=1S/C9H9BrFNOS/c1-5(14)9(13)12-8-6(10)3-2-4-7(8)11/h2-5,14H,1H3,(H,12,13). The predicted molar refractivity (Wildman–Crippen MR) is 61.2 cm³/mol. The monoisotopic (exact) mass is 277 g/mol. The number of thiol groups is 1. The van der Waals surface area contributed by atoms with Gasteiger partial charge >= 0.3 is 0 Å². The Bertz CT molecular complexity index is 336. The zero-order valence-corrected chi connectivity index (χ0v) is 9.90. The maximum Gasteiger partial charge on any atom is 0.237 e. The number of carbonyl (C=O) groups is 1. The normalized spacial score (nSPS) is 12.3. The molecule has 0 saturated heterocycles. The lowest BCUT2D eigenvalue weighted by molar-refractivity contribution is -0.115. The van der Waals surface area contributed by atoms with E-state index < -0.39 is 11.1 Å². The molecule has 1 amide bonds. The maximum atomic E-state index is 13.2. The SMILES string of the molecule is CC(S)C(=O)Nc1c(F)cccc1Br. The number of rotatable bonds is 2. The van der Waals surface area contributed by atoms with Gasteiger partial charge in [0.15, 0.2) is 0 Å². The van der Waals surface area contributed by atoms with Gasteiger partial charge in [0.25, 0.3) is 0 Å². The fourth-order valence-corrected chi connectivity index (χ4v) is 1.35. The zero-order chi connectivity index (χ0) is 10.7. The first-order valence-corrected chi connectivity index (χ1v) is 5.26. The summed E-state index contributed by atoms with van der Waals surface area (Å²) in [6, 6.07) is 4.49. The summed E-state index contributed by atoms with van der Waals surface area (Å²) in [7, 11) is 0. The summed E-state index contributed by atoms with van der Waals surface area (Å²) >= 11 is 7.09. The lowest BCUT2D eigenvalue weighted by Gasteiger charge is -2.09. The summed E-state index contributed by atoms with van der Waals surface area (Å²) in [5.74, 6) is -0.805. The minimum atomic E-state index is -0.471. The molecule has 1 aromatic rings. The van der Waals surface area contributed by atoms with Crippen LogP contribution >= 0.6 is 28.6 Å². The molecule has 0 saturated carbocycles. The lowest BCUT2D eigenvalue weighted by Crippen LogP contribution is -2.21. The summed E-state index contributed by atoms with van der Waals surface area (Å²) in [5.41, 5.74) is 0.151. The van der Waals surface area contributed by atoms with Gasteiger partial charge in [-0.25, -0.2) is 4.39 Å². The van der Waals surface area contributed by atoms with Crippen molar-refractivity contribution < 1.29 is 9.18 Å². The Hall–Kier alpha value is -0.550. The highest BCUT2D eigenvalue weighted by atomic mass is 79.9. The third-order valence-electron chi connectivity index (χ3n) is 1.59. The van der Waals surface area contributed by atoms with Crippen molar-refractivity contribution in [2.45, 2.75) is 12.2 Å². The summed E-state index contributed by atoms with van der Waals surface area (Å²) < 4.78 is 13.7. The molecule has 1 atom stereocenters. The van der Waals surface area contributed by atoms with Gasteiger partial charge in [0, 0.05) is 4.47 Å². The van der Waals surface area contributed by atoms with E-state index in [4.69, 9.17) is 0 Å². The molecule has 0 aliphatic rings. The Morgan fingerprint density at radius 1 is 1.64 bits per heavy atom. The molecule has 0 aromatic heterocycles. The quantitative estimate of drug-likeness (QED) is 0.800. The van der Waals surface area contributed by atoms with E-state index in [0.717, 1.165) is 0 Å². The van der Waals surface area contributed by atoms with Crippen molar-refractivity contribution in [2.24, 2.45) is 0 Å². The molecular formula is C9H9BrFNOS. The van der Waals surface area contributed by atoms with Crippen LogP contribution in [0.25, 0.3) is 0 Å². The Balaban J connectivity index is 2.91. The second-order valence-corrected chi connectivity index (χ2v) is 4.39. The Morgan fingerprint density at radius 3 is 2.79 bits per heavy atom. The van der Waals surface area contributed by atoms with Gasteiger partial charge in [-0.15, -0.1) is 0 Å². The molecule has 0 radical (unpaired) electrons. The fraction of sp³-hybridized carbons (Fsp3) is 0.222. The summed E-state index contributed by atoms with van der Waals surface area (Å²) in [6.07, 6.45) is 0. The van der Waals surface area contributed by atoms with Crippen LogP contribution in [0.3, 0.4) is 0 Å². The fourth-order valence-electron chi connectivity index (χ4n) is 0.845. The van der Waals surface area contributed by atoms with Gasteiger partial charge in [0.05, 0.1) is 10.9 Å². The molecule has 76 valence electrons. The highest BCUT2D eigenvalue weighted by molar-refractivity contribution is 9.10. The van der Waals surface area contributed by atoms with Gasteiger partial charge in [-0.2, -0.15) is 12.6 Å². The second-order valence-electron chi connectivity index (χ2n) is 2.76. The smallest absolute Gasteiger partial charge is 0.237 e. The van der Waals surface area contributed by atoms with E-state index >= 15 is 0 Å². The van der Waals surface area contributed by atoms with Crippen molar-refractivity contribution in [2.75, 3.05) is 5.32 Å². The number of hydrogen-bond acceptors (Lipinski definition) is 2. The number of benzene rings is 1. The number of anilines is 1. The topological polar surface area (TPSA) is 29.1 Å². The Labute approximate surface area is 95.4 Å². The minimum Gasteiger partial charge on any atom is -0.322 e. The van der Waals surface area contributed by atoms with E-state index in [1.54, 1.807) is 19.1 Å². The molecule has 0 aliphatic heterocycles. The van der Waals surface area contributed by atoms with E-state index in [9.17, 15) is 9.18 Å². The van der Waals surface area contributed by atoms with Crippen LogP contribution in [0.2, 0.25) is 0 Å². The molecule has 0 aliphatic carbocycles. The Morgan fingerprint density at radius 2 is 2.29 bits per heavy atom. The number of para-hydroxylation sites is 1. The van der Waals surface area contributed by atoms with Crippen molar-refractivity contribution in [3.05, 3.63) is 28.5 Å². The van der Waals surface area contributed by atoms with Gasteiger partial charge in [0.2, 0.25) is 5.91 Å². The van der Waals surface area contributed by atoms with Gasteiger partial charge in [0.1, 0.15) is 5.82 Å². The van der Waals surface area contributed by atoms with Crippen molar-refractivity contribution in [3.63, 3.8) is 0 Å². The molecule has 0 bridgehead atoms. The van der Waals surface area contributed by atoms with Crippen molar-refractivity contribution in [3.8, 4) is 0 Å². The molecule has 2 nitrogen and oxygen atoms in total. The van der Waals surface area contributed by atoms with E-state index in [1.807, 2.05) is 0 Å². The van der Waals surface area contributed by atoms with Gasteiger partial charge in [-0.1, -0.05) is 6.07 Å². The first-order chi connectivity index (χ1) is 6.52. The average Bonchev–Trinajstić information content (AvgIpc) is 2.11. The average molecular weight is 278 g/mol. The molecule has 0 heterocycles. The van der Waals surface area contributed by atoms with Crippen LogP contribution in [0.5, 0.6) is 0 Å². The molecule has 1 unspecified atom stereocenters. The summed E-state index contributed by atoms with van der Waals surface area (Å²) in [4.78, 5) is 11.2. The number of halogens is 2. The highest BCUT2D eigenvalue weighted by Crippen LogP contribution is 2.25. The molecule has 1 N–H and O–H groups in total. The predicted octanol–water partition coefficient (Wildman–Crippen LogP) is 2.85. The van der Waals surface area contributed by atoms with Crippen LogP contribution in [0.1, 0.15) is 6.92 Å². The van der Waals surface area contributed by atoms with Crippen LogP contribution < -0.4 is 5.32 Å². The largest absolute Gasteiger partial charge is 0.322 e. The van der Waals surface area contributed by atoms with Crippen LogP contribution in [-0.2, 0) is 4.79 Å². The third kappa shape index (κ3) is 2.72. The summed E-state index contributed by atoms with van der Waals surface area (Å²) in [5, 5.41) is 1.97. The van der Waals surface area contributed by atoms with Crippen LogP contribution in [0.15, 0.2) is 22.7 Å². The zero-order valence-electron chi connectivity index (χ0n) is 7.42. The van der Waals surface area contributed by atoms with E-state index in [2.05, 4.69) is 33.9 Å². The number of amides is 1. The minimum absolute atomic E-state index is 0.151. The number of carbonyl (C=O) groups excluding carboxylic acids is 1. The Kier molecular flexibility index (Phi) is 3.95. The number of nitrogens with one attached hydrogen (secondary N) is 1. The first-order valence-electron chi connectivity index (χ1n) is 3.95. The second kappa shape index (κ2) is 4.79. The van der Waals surface area contributed by atoms with Crippen molar-refractivity contribution in [1.82, 2.24) is 0 Å². The third-order valence-corrected chi connectivity index (χ3v) is 2.49. The van der Waals surface area contributed by atoms with E-state index in [0.29, 0.717) is 4.47 Å². The molecular weight excluding hydrogens is 269 g/mol. The molecule has 5 heteroatoms. The molecule has 0 fully saturated rings. The molecule has 0 spiro atoms. The van der Waals surface area contributed by atoms with Crippen LogP contribution in [0, 0.1) is 5.82 Å². The number of hydrogen-bond donors (Lipinski definition) is 2. The summed E-state index contributed by atoms with van der Waals surface area (Å²) in [6.45, 7) is 1.62. The first kappa shape index (κ1) is 11.5. The van der Waals surface area contributed by atoms with Crippen LogP contribution in [0.4, 0.5) is 10.1 Å². The van der Waals surface area contributed by atoms with Crippen molar-refractivity contribution >= 4 is 40.2 Å². The van der Waals surface area contributed by atoms with E-state index in [-0.39, 0.29) is 11.6 Å².